The van der Waals surface area contributed by atoms with Crippen LogP contribution < -0.4 is 11.1 Å². The first-order chi connectivity index (χ1) is 8.08. The number of nitrogens with one attached hydrogen (secondary N) is 2. The van der Waals surface area contributed by atoms with Crippen LogP contribution in [0.3, 0.4) is 0 Å². The maximum Gasteiger partial charge on any atom is 0.253 e. The summed E-state index contributed by atoms with van der Waals surface area (Å²) in [6.45, 7) is 1.85. The third-order valence-electron chi connectivity index (χ3n) is 2.51. The molecule has 17 heavy (non-hydrogen) atoms. The summed E-state index contributed by atoms with van der Waals surface area (Å²) in [6.07, 6.45) is 1.08. The third kappa shape index (κ3) is 2.39. The van der Waals surface area contributed by atoms with E-state index in [9.17, 15) is 4.79 Å². The number of anilines is 1. The van der Waals surface area contributed by atoms with Crippen LogP contribution in [0.15, 0.2) is 24.4 Å². The standard InChI is InChI=1S/C12H15N3O2/c1-7(16)5-15-12(17)10-6-14-11-3-2-8(13)4-9(10)11/h2-4,6-7,14,16H,5,13H2,1H3,(H,15,17)/t7-/m0/s1. The van der Waals surface area contributed by atoms with Gasteiger partial charge in [0.15, 0.2) is 0 Å². The van der Waals surface area contributed by atoms with E-state index in [1.54, 1.807) is 25.3 Å². The fourth-order valence-corrected chi connectivity index (χ4v) is 1.66. The van der Waals surface area contributed by atoms with Gasteiger partial charge < -0.3 is 21.1 Å². The zero-order chi connectivity index (χ0) is 12.4. The molecule has 2 rings (SSSR count). The van der Waals surface area contributed by atoms with Crippen LogP contribution in [0.25, 0.3) is 10.9 Å². The van der Waals surface area contributed by atoms with Gasteiger partial charge in [0.05, 0.1) is 11.7 Å². The van der Waals surface area contributed by atoms with Gasteiger partial charge in [-0.05, 0) is 25.1 Å². The second-order valence-electron chi connectivity index (χ2n) is 4.07. The summed E-state index contributed by atoms with van der Waals surface area (Å²) in [4.78, 5) is 14.9. The topological polar surface area (TPSA) is 91.1 Å². The molecule has 0 fully saturated rings. The molecule has 1 atom stereocenters. The summed E-state index contributed by atoms with van der Waals surface area (Å²) in [5, 5.41) is 12.5. The Bertz CT molecular complexity index is 546. The number of benzene rings is 1. The number of nitrogen functional groups attached to an aromatic ring is 1. The first-order valence-electron chi connectivity index (χ1n) is 5.41. The van der Waals surface area contributed by atoms with Gasteiger partial charge >= 0.3 is 0 Å². The molecular formula is C12H15N3O2. The number of aliphatic hydroxyl groups is 1. The Morgan fingerprint density at radius 3 is 3.06 bits per heavy atom. The van der Waals surface area contributed by atoms with Crippen molar-refractivity contribution in [3.63, 3.8) is 0 Å². The van der Waals surface area contributed by atoms with Gasteiger partial charge in [-0.25, -0.2) is 0 Å². The fourth-order valence-electron chi connectivity index (χ4n) is 1.66. The summed E-state index contributed by atoms with van der Waals surface area (Å²) < 4.78 is 0. The molecule has 0 bridgehead atoms. The lowest BCUT2D eigenvalue weighted by Crippen LogP contribution is -2.30. The Labute approximate surface area is 98.6 Å². The molecule has 90 valence electrons. The molecule has 5 nitrogen and oxygen atoms in total. The Morgan fingerprint density at radius 2 is 2.35 bits per heavy atom. The van der Waals surface area contributed by atoms with Crippen LogP contribution in [-0.4, -0.2) is 28.6 Å². The molecule has 1 heterocycles. The largest absolute Gasteiger partial charge is 0.399 e. The molecule has 0 aliphatic heterocycles. The van der Waals surface area contributed by atoms with Crippen LogP contribution in [0, 0.1) is 0 Å². The van der Waals surface area contributed by atoms with Gasteiger partial charge in [-0.3, -0.25) is 4.79 Å². The van der Waals surface area contributed by atoms with Crippen molar-refractivity contribution in [3.8, 4) is 0 Å². The third-order valence-corrected chi connectivity index (χ3v) is 2.51. The van der Waals surface area contributed by atoms with Crippen molar-refractivity contribution in [2.45, 2.75) is 13.0 Å². The van der Waals surface area contributed by atoms with Gasteiger partial charge in [-0.1, -0.05) is 0 Å². The van der Waals surface area contributed by atoms with Gasteiger partial charge in [0, 0.05) is 29.3 Å². The highest BCUT2D eigenvalue weighted by Crippen LogP contribution is 2.20. The number of amides is 1. The van der Waals surface area contributed by atoms with E-state index >= 15 is 0 Å². The second kappa shape index (κ2) is 4.47. The molecule has 0 spiro atoms. The number of fused-ring (bicyclic) bond motifs is 1. The molecule has 1 amide bonds. The van der Waals surface area contributed by atoms with Crippen molar-refractivity contribution in [2.75, 3.05) is 12.3 Å². The zero-order valence-corrected chi connectivity index (χ0v) is 9.53. The number of carbonyl (C=O) groups is 1. The van der Waals surface area contributed by atoms with Crippen molar-refractivity contribution in [1.82, 2.24) is 10.3 Å². The predicted octanol–water partition coefficient (Wildman–Crippen LogP) is 0.861. The van der Waals surface area contributed by atoms with E-state index in [2.05, 4.69) is 10.3 Å². The molecule has 0 radical (unpaired) electrons. The lowest BCUT2D eigenvalue weighted by Gasteiger charge is -2.06. The van der Waals surface area contributed by atoms with E-state index in [0.717, 1.165) is 10.9 Å². The molecule has 0 saturated carbocycles. The van der Waals surface area contributed by atoms with Crippen LogP contribution in [0.2, 0.25) is 0 Å². The summed E-state index contributed by atoms with van der Waals surface area (Å²) >= 11 is 0. The number of carbonyl (C=O) groups excluding carboxylic acids is 1. The Hall–Kier alpha value is -2.01. The number of rotatable bonds is 3. The van der Waals surface area contributed by atoms with E-state index in [-0.39, 0.29) is 12.5 Å². The summed E-state index contributed by atoms with van der Waals surface area (Å²) in [6, 6.07) is 5.36. The van der Waals surface area contributed by atoms with Crippen molar-refractivity contribution in [2.24, 2.45) is 0 Å². The molecule has 5 heteroatoms. The van der Waals surface area contributed by atoms with Crippen LogP contribution in [0.1, 0.15) is 17.3 Å². The van der Waals surface area contributed by atoms with Crippen LogP contribution in [-0.2, 0) is 0 Å². The number of nitrogens with two attached hydrogens (primary N) is 1. The summed E-state index contributed by atoms with van der Waals surface area (Å²) in [7, 11) is 0. The van der Waals surface area contributed by atoms with Gasteiger partial charge in [-0.2, -0.15) is 0 Å². The average Bonchev–Trinajstić information content (AvgIpc) is 2.68. The normalized spacial score (nSPS) is 12.6. The quantitative estimate of drug-likeness (QED) is 0.592. The predicted molar refractivity (Wildman–Crippen MR) is 66.7 cm³/mol. The highest BCUT2D eigenvalue weighted by atomic mass is 16.3. The van der Waals surface area contributed by atoms with Gasteiger partial charge in [0.1, 0.15) is 0 Å². The molecule has 5 N–H and O–H groups in total. The SMILES string of the molecule is C[C@H](O)CNC(=O)c1c[nH]c2ccc(N)cc12. The summed E-state index contributed by atoms with van der Waals surface area (Å²) in [5.74, 6) is -0.220. The van der Waals surface area contributed by atoms with E-state index in [4.69, 9.17) is 10.8 Å². The minimum absolute atomic E-state index is 0.220. The smallest absolute Gasteiger partial charge is 0.253 e. The molecule has 1 aromatic carbocycles. The number of aromatic amines is 1. The van der Waals surface area contributed by atoms with Crippen LogP contribution in [0.5, 0.6) is 0 Å². The lowest BCUT2D eigenvalue weighted by molar-refractivity contribution is 0.0925. The minimum Gasteiger partial charge on any atom is -0.399 e. The molecule has 2 aromatic rings. The van der Waals surface area contributed by atoms with Gasteiger partial charge in [0.2, 0.25) is 0 Å². The average molecular weight is 233 g/mol. The molecule has 0 unspecified atom stereocenters. The van der Waals surface area contributed by atoms with E-state index in [1.165, 1.54) is 0 Å². The van der Waals surface area contributed by atoms with E-state index < -0.39 is 6.10 Å². The fraction of sp³-hybridized carbons (Fsp3) is 0.250. The second-order valence-corrected chi connectivity index (χ2v) is 4.07. The highest BCUT2D eigenvalue weighted by Gasteiger charge is 2.12. The lowest BCUT2D eigenvalue weighted by atomic mass is 10.1. The van der Waals surface area contributed by atoms with Crippen molar-refractivity contribution >= 4 is 22.5 Å². The Kier molecular flexibility index (Phi) is 3.01. The first-order valence-corrected chi connectivity index (χ1v) is 5.41. The number of hydrogen-bond acceptors (Lipinski definition) is 3. The minimum atomic E-state index is -0.561. The monoisotopic (exact) mass is 233 g/mol. The van der Waals surface area contributed by atoms with Crippen LogP contribution >= 0.6 is 0 Å². The molecule has 0 aliphatic carbocycles. The molecule has 1 aromatic heterocycles. The maximum atomic E-state index is 11.9. The Morgan fingerprint density at radius 1 is 1.59 bits per heavy atom. The number of aliphatic hydroxyl groups excluding tert-OH is 1. The number of hydrogen-bond donors (Lipinski definition) is 4. The molecule has 0 aliphatic rings. The Balaban J connectivity index is 2.29. The molecular weight excluding hydrogens is 218 g/mol. The van der Waals surface area contributed by atoms with E-state index in [1.807, 2.05) is 6.07 Å². The summed E-state index contributed by atoms with van der Waals surface area (Å²) in [5.41, 5.74) is 7.70. The van der Waals surface area contributed by atoms with Crippen molar-refractivity contribution < 1.29 is 9.90 Å². The van der Waals surface area contributed by atoms with Crippen LogP contribution in [0.4, 0.5) is 5.69 Å². The zero-order valence-electron chi connectivity index (χ0n) is 9.53. The highest BCUT2D eigenvalue weighted by molar-refractivity contribution is 6.07. The maximum absolute atomic E-state index is 11.9. The van der Waals surface area contributed by atoms with Gasteiger partial charge in [0.25, 0.3) is 5.91 Å². The first kappa shape index (κ1) is 11.5. The van der Waals surface area contributed by atoms with Crippen molar-refractivity contribution in [1.29, 1.82) is 0 Å². The number of aromatic nitrogens is 1. The van der Waals surface area contributed by atoms with Crippen molar-refractivity contribution in [3.05, 3.63) is 30.0 Å². The van der Waals surface area contributed by atoms with Gasteiger partial charge in [-0.15, -0.1) is 0 Å². The molecule has 0 saturated heterocycles. The number of H-pyrrole nitrogens is 1. The van der Waals surface area contributed by atoms with E-state index in [0.29, 0.717) is 11.3 Å².